The normalized spacial score (nSPS) is 10.2. The van der Waals surface area contributed by atoms with Crippen molar-refractivity contribution in [3.05, 3.63) is 53.9 Å². The molecule has 0 fully saturated rings. The van der Waals surface area contributed by atoms with E-state index >= 15 is 0 Å². The molecule has 15 heavy (non-hydrogen) atoms. The number of carbonyl (C=O) groups is 1. The minimum Gasteiger partial charge on any atom is -0.267 e. The topological polar surface area (TPSA) is 34.9 Å². The molecule has 0 saturated heterocycles. The lowest BCUT2D eigenvalue weighted by molar-refractivity contribution is 0.0836. The van der Waals surface area contributed by atoms with Gasteiger partial charge in [-0.1, -0.05) is 30.3 Å². The largest absolute Gasteiger partial charge is 0.335 e. The first-order valence-electron chi connectivity index (χ1n) is 4.52. The fourth-order valence-corrected chi connectivity index (χ4v) is 1.32. The summed E-state index contributed by atoms with van der Waals surface area (Å²) >= 11 is 0. The lowest BCUT2D eigenvalue weighted by Gasteiger charge is -2.00. The molecule has 1 aromatic carbocycles. The molecule has 0 radical (unpaired) electrons. The number of aromatic nitrogens is 2. The van der Waals surface area contributed by atoms with Crippen molar-refractivity contribution < 1.29 is 9.18 Å². The van der Waals surface area contributed by atoms with E-state index in [2.05, 4.69) is 5.10 Å². The molecule has 0 aliphatic rings. The van der Waals surface area contributed by atoms with Crippen LogP contribution in [0.2, 0.25) is 0 Å². The zero-order valence-corrected chi connectivity index (χ0v) is 7.93. The van der Waals surface area contributed by atoms with Crippen LogP contribution in [-0.4, -0.2) is 15.8 Å². The summed E-state index contributed by atoms with van der Waals surface area (Å²) < 4.78 is 13.8. The number of rotatable bonds is 3. The van der Waals surface area contributed by atoms with Gasteiger partial charge in [0.2, 0.25) is 0 Å². The van der Waals surface area contributed by atoms with Crippen LogP contribution < -0.4 is 0 Å². The van der Waals surface area contributed by atoms with Gasteiger partial charge in [0.1, 0.15) is 0 Å². The van der Waals surface area contributed by atoms with Gasteiger partial charge in [-0.3, -0.25) is 9.48 Å². The van der Waals surface area contributed by atoms with Crippen LogP contribution in [0.5, 0.6) is 0 Å². The minimum absolute atomic E-state index is 0.00840. The maximum absolute atomic E-state index is 12.3. The molecule has 2 aromatic rings. The van der Waals surface area contributed by atoms with Gasteiger partial charge in [-0.05, 0) is 5.56 Å². The second-order valence-corrected chi connectivity index (χ2v) is 3.19. The molecule has 0 amide bonds. The smallest absolute Gasteiger partial charge is 0.267 e. The van der Waals surface area contributed by atoms with Gasteiger partial charge in [0.25, 0.3) is 0 Å². The van der Waals surface area contributed by atoms with Crippen LogP contribution in [0, 0.1) is 0 Å². The fourth-order valence-electron chi connectivity index (χ4n) is 1.32. The molecule has 2 rings (SSSR count). The van der Waals surface area contributed by atoms with Crippen LogP contribution >= 0.6 is 0 Å². The molecule has 0 atom stereocenters. The highest BCUT2D eigenvalue weighted by molar-refractivity contribution is 5.87. The van der Waals surface area contributed by atoms with Gasteiger partial charge in [-0.15, -0.1) is 0 Å². The van der Waals surface area contributed by atoms with Crippen LogP contribution in [0.15, 0.2) is 42.7 Å². The van der Waals surface area contributed by atoms with E-state index in [-0.39, 0.29) is 5.56 Å². The monoisotopic (exact) mass is 204 g/mol. The fraction of sp³-hybridized carbons (Fsp3) is 0.0909. The van der Waals surface area contributed by atoms with Gasteiger partial charge in [0.15, 0.2) is 0 Å². The molecule has 0 unspecified atom stereocenters. The van der Waals surface area contributed by atoms with Crippen molar-refractivity contribution in [1.82, 2.24) is 9.78 Å². The van der Waals surface area contributed by atoms with Crippen LogP contribution in [0.3, 0.4) is 0 Å². The van der Waals surface area contributed by atoms with Gasteiger partial charge in [-0.25, -0.2) is 0 Å². The molecular formula is C11H9FN2O. The predicted molar refractivity (Wildman–Crippen MR) is 53.2 cm³/mol. The molecule has 1 aromatic heterocycles. The molecule has 0 aliphatic carbocycles. The Kier molecular flexibility index (Phi) is 2.58. The SMILES string of the molecule is O=C(F)c1cnn(Cc2ccccc2)c1. The van der Waals surface area contributed by atoms with Gasteiger partial charge in [-0.2, -0.15) is 9.49 Å². The van der Waals surface area contributed by atoms with E-state index in [0.717, 1.165) is 5.56 Å². The Hall–Kier alpha value is -1.97. The minimum atomic E-state index is -1.45. The highest BCUT2D eigenvalue weighted by Gasteiger charge is 2.06. The van der Waals surface area contributed by atoms with E-state index in [1.807, 2.05) is 30.3 Å². The average Bonchev–Trinajstić information content (AvgIpc) is 2.68. The van der Waals surface area contributed by atoms with Gasteiger partial charge < -0.3 is 0 Å². The third-order valence-electron chi connectivity index (χ3n) is 2.05. The number of hydrogen-bond donors (Lipinski definition) is 0. The lowest BCUT2D eigenvalue weighted by atomic mass is 10.2. The Labute approximate surface area is 86.2 Å². The molecular weight excluding hydrogens is 195 g/mol. The van der Waals surface area contributed by atoms with E-state index in [9.17, 15) is 9.18 Å². The molecule has 0 N–H and O–H groups in total. The highest BCUT2D eigenvalue weighted by Crippen LogP contribution is 2.04. The molecule has 0 spiro atoms. The first kappa shape index (κ1) is 9.58. The molecule has 76 valence electrons. The molecule has 4 heteroatoms. The van der Waals surface area contributed by atoms with Gasteiger partial charge >= 0.3 is 6.04 Å². The molecule has 3 nitrogen and oxygen atoms in total. The average molecular weight is 204 g/mol. The van der Waals surface area contributed by atoms with Crippen LogP contribution in [0.1, 0.15) is 15.9 Å². The summed E-state index contributed by atoms with van der Waals surface area (Å²) in [4.78, 5) is 10.4. The first-order chi connectivity index (χ1) is 7.25. The van der Waals surface area contributed by atoms with E-state index in [0.29, 0.717) is 6.54 Å². The predicted octanol–water partition coefficient (Wildman–Crippen LogP) is 2.04. The first-order valence-corrected chi connectivity index (χ1v) is 4.52. The van der Waals surface area contributed by atoms with Crippen molar-refractivity contribution in [2.24, 2.45) is 0 Å². The Bertz CT molecular complexity index is 464. The number of halogens is 1. The van der Waals surface area contributed by atoms with Crippen molar-refractivity contribution in [2.45, 2.75) is 6.54 Å². The standard InChI is InChI=1S/C11H9FN2O/c12-11(15)10-6-13-14(8-10)7-9-4-2-1-3-5-9/h1-6,8H,7H2. The van der Waals surface area contributed by atoms with Crippen molar-refractivity contribution in [3.8, 4) is 0 Å². The summed E-state index contributed by atoms with van der Waals surface area (Å²) in [5.41, 5.74) is 1.05. The highest BCUT2D eigenvalue weighted by atomic mass is 19.1. The molecule has 0 aliphatic heterocycles. The Morgan fingerprint density at radius 3 is 2.67 bits per heavy atom. The summed E-state index contributed by atoms with van der Waals surface area (Å²) in [5.74, 6) is 0. The van der Waals surface area contributed by atoms with Crippen molar-refractivity contribution in [2.75, 3.05) is 0 Å². The molecule has 0 saturated carbocycles. The van der Waals surface area contributed by atoms with Gasteiger partial charge in [0.05, 0.1) is 18.3 Å². The number of hydrogen-bond acceptors (Lipinski definition) is 2. The quantitative estimate of drug-likeness (QED) is 0.717. The maximum atomic E-state index is 12.3. The number of benzene rings is 1. The Morgan fingerprint density at radius 2 is 2.07 bits per heavy atom. The zero-order chi connectivity index (χ0) is 10.7. The summed E-state index contributed by atoms with van der Waals surface area (Å²) in [7, 11) is 0. The zero-order valence-electron chi connectivity index (χ0n) is 7.93. The second-order valence-electron chi connectivity index (χ2n) is 3.19. The van der Waals surface area contributed by atoms with Crippen LogP contribution in [0.25, 0.3) is 0 Å². The van der Waals surface area contributed by atoms with Crippen molar-refractivity contribution in [1.29, 1.82) is 0 Å². The van der Waals surface area contributed by atoms with Crippen molar-refractivity contribution in [3.63, 3.8) is 0 Å². The number of carbonyl (C=O) groups excluding carboxylic acids is 1. The Balaban J connectivity index is 2.15. The van der Waals surface area contributed by atoms with Crippen LogP contribution in [-0.2, 0) is 6.54 Å². The summed E-state index contributed by atoms with van der Waals surface area (Å²) in [6.07, 6.45) is 2.63. The maximum Gasteiger partial charge on any atom is 0.335 e. The summed E-state index contributed by atoms with van der Waals surface area (Å²) in [6.45, 7) is 0.536. The van der Waals surface area contributed by atoms with E-state index < -0.39 is 6.04 Å². The Morgan fingerprint density at radius 1 is 1.33 bits per heavy atom. The summed E-state index contributed by atoms with van der Waals surface area (Å²) in [5, 5.41) is 3.89. The number of nitrogens with zero attached hydrogens (tertiary/aromatic N) is 2. The second kappa shape index (κ2) is 4.04. The van der Waals surface area contributed by atoms with Crippen LogP contribution in [0.4, 0.5) is 4.39 Å². The van der Waals surface area contributed by atoms with E-state index in [4.69, 9.17) is 0 Å². The van der Waals surface area contributed by atoms with Crippen molar-refractivity contribution >= 4 is 6.04 Å². The third kappa shape index (κ3) is 2.28. The third-order valence-corrected chi connectivity index (χ3v) is 2.05. The molecule has 1 heterocycles. The lowest BCUT2D eigenvalue weighted by Crippen LogP contribution is -1.99. The van der Waals surface area contributed by atoms with E-state index in [1.165, 1.54) is 17.1 Å². The molecule has 0 bridgehead atoms. The van der Waals surface area contributed by atoms with Gasteiger partial charge in [0, 0.05) is 6.20 Å². The van der Waals surface area contributed by atoms with E-state index in [1.54, 1.807) is 0 Å². The summed E-state index contributed by atoms with van der Waals surface area (Å²) in [6, 6.07) is 8.19.